The molecule has 0 saturated carbocycles. The van der Waals surface area contributed by atoms with Gasteiger partial charge >= 0.3 is 0 Å². The number of rotatable bonds is 4. The summed E-state index contributed by atoms with van der Waals surface area (Å²) >= 11 is 4.39. The maximum absolute atomic E-state index is 13.5. The molecule has 0 spiro atoms. The van der Waals surface area contributed by atoms with Crippen molar-refractivity contribution in [3.05, 3.63) is 83.8 Å². The first-order chi connectivity index (χ1) is 13.9. The van der Waals surface area contributed by atoms with E-state index in [1.165, 1.54) is 12.1 Å². The van der Waals surface area contributed by atoms with Crippen molar-refractivity contribution in [3.63, 3.8) is 0 Å². The van der Waals surface area contributed by atoms with Gasteiger partial charge in [0.1, 0.15) is 5.82 Å². The molecule has 0 bridgehead atoms. The Hall–Kier alpha value is -3.25. The van der Waals surface area contributed by atoms with Gasteiger partial charge in [0.2, 0.25) is 0 Å². The fourth-order valence-electron chi connectivity index (χ4n) is 3.34. The van der Waals surface area contributed by atoms with E-state index in [1.54, 1.807) is 18.3 Å². The normalized spacial score (nSPS) is 12.1. The summed E-state index contributed by atoms with van der Waals surface area (Å²) in [6.07, 6.45) is 1.69. The lowest BCUT2D eigenvalue weighted by atomic mass is 10.0. The Kier molecular flexibility index (Phi) is 5.03. The zero-order valence-electron chi connectivity index (χ0n) is 15.7. The van der Waals surface area contributed by atoms with Gasteiger partial charge in [0.25, 0.3) is 5.91 Å². The maximum Gasteiger partial charge on any atom is 0.253 e. The fraction of sp³-hybridized carbons (Fsp3) is 0.0870. The number of nitrogen functional groups attached to an aromatic ring is 1. The van der Waals surface area contributed by atoms with Gasteiger partial charge in [0.05, 0.1) is 11.6 Å². The average Bonchev–Trinajstić information content (AvgIpc) is 3.13. The van der Waals surface area contributed by atoms with Gasteiger partial charge in [-0.2, -0.15) is 0 Å². The van der Waals surface area contributed by atoms with Crippen LogP contribution in [0.1, 0.15) is 28.9 Å². The highest BCUT2D eigenvalue weighted by molar-refractivity contribution is 7.80. The minimum atomic E-state index is -0.326. The second-order valence-electron chi connectivity index (χ2n) is 6.99. The molecule has 4 nitrogen and oxygen atoms in total. The Morgan fingerprint density at radius 2 is 1.86 bits per heavy atom. The molecule has 1 atom stereocenters. The van der Waals surface area contributed by atoms with Crippen LogP contribution in [0, 0.1) is 5.82 Å². The van der Waals surface area contributed by atoms with E-state index in [0.717, 1.165) is 22.0 Å². The van der Waals surface area contributed by atoms with E-state index in [4.69, 9.17) is 5.73 Å². The van der Waals surface area contributed by atoms with Crippen molar-refractivity contribution in [1.29, 1.82) is 0 Å². The smallest absolute Gasteiger partial charge is 0.253 e. The number of nitrogens with two attached hydrogens (primary N) is 1. The number of anilines is 1. The molecule has 4 N–H and O–H groups in total. The van der Waals surface area contributed by atoms with Crippen LogP contribution < -0.4 is 11.1 Å². The molecule has 1 heterocycles. The number of aromatic nitrogens is 1. The molecule has 3 aromatic carbocycles. The summed E-state index contributed by atoms with van der Waals surface area (Å²) in [5.41, 5.74) is 10.5. The highest BCUT2D eigenvalue weighted by Gasteiger charge is 2.16. The molecule has 0 radical (unpaired) electrons. The van der Waals surface area contributed by atoms with Gasteiger partial charge < -0.3 is 16.0 Å². The van der Waals surface area contributed by atoms with Gasteiger partial charge in [-0.25, -0.2) is 4.39 Å². The van der Waals surface area contributed by atoms with E-state index in [2.05, 4.69) is 22.9 Å². The lowest BCUT2D eigenvalue weighted by molar-refractivity contribution is 0.0941. The molecule has 29 heavy (non-hydrogen) atoms. The van der Waals surface area contributed by atoms with Crippen LogP contribution in [0.25, 0.3) is 22.0 Å². The van der Waals surface area contributed by atoms with Crippen LogP contribution in [-0.4, -0.2) is 10.9 Å². The molecule has 0 aliphatic rings. The zero-order valence-corrected chi connectivity index (χ0v) is 16.6. The summed E-state index contributed by atoms with van der Waals surface area (Å²) in [5, 5.41) is 3.75. The van der Waals surface area contributed by atoms with E-state index in [9.17, 15) is 9.18 Å². The second-order valence-corrected chi connectivity index (χ2v) is 7.47. The first kappa shape index (κ1) is 19.1. The molecule has 4 aromatic rings. The Morgan fingerprint density at radius 1 is 1.10 bits per heavy atom. The van der Waals surface area contributed by atoms with E-state index in [-0.39, 0.29) is 17.8 Å². The number of H-pyrrole nitrogens is 1. The van der Waals surface area contributed by atoms with Crippen LogP contribution in [0.2, 0.25) is 0 Å². The number of aromatic amines is 1. The third kappa shape index (κ3) is 3.84. The summed E-state index contributed by atoms with van der Waals surface area (Å²) in [7, 11) is 0. The van der Waals surface area contributed by atoms with Crippen LogP contribution in [0.4, 0.5) is 10.1 Å². The van der Waals surface area contributed by atoms with Gasteiger partial charge in [-0.05, 0) is 60.0 Å². The van der Waals surface area contributed by atoms with Gasteiger partial charge in [0.15, 0.2) is 0 Å². The van der Waals surface area contributed by atoms with Crippen molar-refractivity contribution >= 4 is 35.1 Å². The molecular formula is C23H20FN3OS. The number of fused-ring (bicyclic) bond motifs is 1. The fourth-order valence-corrected chi connectivity index (χ4v) is 3.56. The summed E-state index contributed by atoms with van der Waals surface area (Å²) in [6, 6.07) is 17.4. The number of carbonyl (C=O) groups excluding carboxylic acids is 1. The van der Waals surface area contributed by atoms with Crippen LogP contribution in [-0.2, 0) is 0 Å². The third-order valence-electron chi connectivity index (χ3n) is 4.99. The molecule has 1 unspecified atom stereocenters. The van der Waals surface area contributed by atoms with Crippen molar-refractivity contribution in [2.45, 2.75) is 17.9 Å². The molecule has 1 amide bonds. The quantitative estimate of drug-likeness (QED) is 0.274. The van der Waals surface area contributed by atoms with Gasteiger partial charge in [-0.3, -0.25) is 4.79 Å². The van der Waals surface area contributed by atoms with Crippen molar-refractivity contribution in [1.82, 2.24) is 10.3 Å². The van der Waals surface area contributed by atoms with E-state index >= 15 is 0 Å². The van der Waals surface area contributed by atoms with Crippen LogP contribution in [0.3, 0.4) is 0 Å². The van der Waals surface area contributed by atoms with Crippen molar-refractivity contribution in [2.24, 2.45) is 0 Å². The second kappa shape index (κ2) is 7.64. The number of nitrogens with one attached hydrogen (secondary N) is 2. The number of thiol groups is 1. The molecule has 0 saturated heterocycles. The SMILES string of the molecule is CC(NC(=O)c1c[nH]c2ccc(-c3ccc(N)c(S)c3)cc12)c1cccc(F)c1. The molecular weight excluding hydrogens is 385 g/mol. The Balaban J connectivity index is 1.65. The van der Waals surface area contributed by atoms with Crippen molar-refractivity contribution in [2.75, 3.05) is 5.73 Å². The monoisotopic (exact) mass is 405 g/mol. The zero-order chi connectivity index (χ0) is 20.5. The predicted molar refractivity (Wildman–Crippen MR) is 118 cm³/mol. The first-order valence-corrected chi connectivity index (χ1v) is 9.63. The Bertz CT molecular complexity index is 1220. The topological polar surface area (TPSA) is 70.9 Å². The summed E-state index contributed by atoms with van der Waals surface area (Å²) in [6.45, 7) is 1.83. The summed E-state index contributed by atoms with van der Waals surface area (Å²) in [5.74, 6) is -0.551. The maximum atomic E-state index is 13.5. The molecule has 1 aromatic heterocycles. The lowest BCUT2D eigenvalue weighted by Gasteiger charge is -2.14. The average molecular weight is 405 g/mol. The van der Waals surface area contributed by atoms with E-state index in [0.29, 0.717) is 21.7 Å². The molecule has 146 valence electrons. The lowest BCUT2D eigenvalue weighted by Crippen LogP contribution is -2.26. The number of halogens is 1. The van der Waals surface area contributed by atoms with Crippen LogP contribution in [0.5, 0.6) is 0 Å². The molecule has 4 rings (SSSR count). The minimum absolute atomic E-state index is 0.225. The number of amides is 1. The van der Waals surface area contributed by atoms with Crippen LogP contribution in [0.15, 0.2) is 71.8 Å². The first-order valence-electron chi connectivity index (χ1n) is 9.18. The minimum Gasteiger partial charge on any atom is -0.398 e. The van der Waals surface area contributed by atoms with Gasteiger partial charge in [-0.15, -0.1) is 12.6 Å². The standard InChI is InChI=1S/C23H20FN3OS/c1-13(14-3-2-4-17(24)9-14)27-23(28)19-12-26-21-8-6-15(10-18(19)21)16-5-7-20(25)22(29)11-16/h2-13,26,29H,25H2,1H3,(H,27,28). The molecule has 6 heteroatoms. The summed E-state index contributed by atoms with van der Waals surface area (Å²) < 4.78 is 13.5. The molecule has 0 aliphatic carbocycles. The van der Waals surface area contributed by atoms with Crippen molar-refractivity contribution < 1.29 is 9.18 Å². The number of hydrogen-bond donors (Lipinski definition) is 4. The van der Waals surface area contributed by atoms with Gasteiger partial charge in [-0.1, -0.05) is 24.3 Å². The largest absolute Gasteiger partial charge is 0.398 e. The number of carbonyl (C=O) groups is 1. The van der Waals surface area contributed by atoms with E-state index < -0.39 is 0 Å². The third-order valence-corrected chi connectivity index (χ3v) is 5.37. The van der Waals surface area contributed by atoms with Crippen LogP contribution >= 0.6 is 12.6 Å². The van der Waals surface area contributed by atoms with Crippen molar-refractivity contribution in [3.8, 4) is 11.1 Å². The van der Waals surface area contributed by atoms with Gasteiger partial charge in [0, 0.05) is 27.7 Å². The molecule has 0 aliphatic heterocycles. The summed E-state index contributed by atoms with van der Waals surface area (Å²) in [4.78, 5) is 16.7. The number of hydrogen-bond acceptors (Lipinski definition) is 3. The predicted octanol–water partition coefficient (Wildman–Crippen LogP) is 5.34. The Labute approximate surface area is 173 Å². The molecule has 0 fully saturated rings. The highest BCUT2D eigenvalue weighted by Crippen LogP contribution is 2.30. The highest BCUT2D eigenvalue weighted by atomic mass is 32.1. The number of benzene rings is 3. The Morgan fingerprint density at radius 3 is 2.62 bits per heavy atom. The van der Waals surface area contributed by atoms with E-state index in [1.807, 2.05) is 43.3 Å².